The SMILES string of the molecule is Cc1ccccc1-c1c(C)c(N(c2cccc3c2oc2ccccc23)c2cccc3c2oc2ccccc23)cc2c1oc1ccccc12. The topological polar surface area (TPSA) is 42.7 Å². The van der Waals surface area contributed by atoms with E-state index in [0.717, 1.165) is 99.6 Å². The number of benzene rings is 7. The van der Waals surface area contributed by atoms with Crippen LogP contribution in [0.25, 0.3) is 76.9 Å². The molecule has 0 amide bonds. The Morgan fingerprint density at radius 1 is 0.396 bits per heavy atom. The van der Waals surface area contributed by atoms with Gasteiger partial charge in [0.25, 0.3) is 0 Å². The number of nitrogens with zero attached hydrogens (tertiary/aromatic N) is 1. The van der Waals surface area contributed by atoms with E-state index in [-0.39, 0.29) is 0 Å². The summed E-state index contributed by atoms with van der Waals surface area (Å²) in [5.74, 6) is 0. The molecule has 4 heteroatoms. The smallest absolute Gasteiger partial charge is 0.159 e. The Morgan fingerprint density at radius 3 is 1.42 bits per heavy atom. The van der Waals surface area contributed by atoms with E-state index in [9.17, 15) is 0 Å². The highest BCUT2D eigenvalue weighted by molar-refractivity contribution is 6.17. The normalized spacial score (nSPS) is 12.0. The van der Waals surface area contributed by atoms with Crippen molar-refractivity contribution in [3.8, 4) is 11.1 Å². The van der Waals surface area contributed by atoms with Gasteiger partial charge >= 0.3 is 0 Å². The van der Waals surface area contributed by atoms with Gasteiger partial charge in [0.2, 0.25) is 0 Å². The molecule has 4 nitrogen and oxygen atoms in total. The van der Waals surface area contributed by atoms with E-state index in [2.05, 4.69) is 122 Å². The zero-order valence-electron chi connectivity index (χ0n) is 26.5. The number of fused-ring (bicyclic) bond motifs is 9. The Bertz CT molecular complexity index is 2770. The molecule has 0 aliphatic rings. The first kappa shape index (κ1) is 26.9. The third kappa shape index (κ3) is 3.77. The van der Waals surface area contributed by atoms with Crippen LogP contribution in [0.1, 0.15) is 11.1 Å². The Morgan fingerprint density at radius 2 is 0.854 bits per heavy atom. The van der Waals surface area contributed by atoms with Crippen LogP contribution in [0.3, 0.4) is 0 Å². The molecule has 3 aromatic heterocycles. The fourth-order valence-corrected chi connectivity index (χ4v) is 7.55. The molecule has 228 valence electrons. The van der Waals surface area contributed by atoms with Gasteiger partial charge in [0, 0.05) is 37.9 Å². The molecule has 0 aliphatic carbocycles. The van der Waals surface area contributed by atoms with Gasteiger partial charge < -0.3 is 18.2 Å². The number of furan rings is 3. The van der Waals surface area contributed by atoms with Gasteiger partial charge in [-0.2, -0.15) is 0 Å². The van der Waals surface area contributed by atoms with Gasteiger partial charge in [-0.05, 0) is 66.9 Å². The van der Waals surface area contributed by atoms with Gasteiger partial charge in [-0.15, -0.1) is 0 Å². The summed E-state index contributed by atoms with van der Waals surface area (Å²) in [6.45, 7) is 4.37. The fraction of sp³-hybridized carbons (Fsp3) is 0.0455. The summed E-state index contributed by atoms with van der Waals surface area (Å²) < 4.78 is 20.1. The molecule has 0 saturated carbocycles. The van der Waals surface area contributed by atoms with Crippen LogP contribution in [0.5, 0.6) is 0 Å². The molecule has 0 N–H and O–H groups in total. The molecule has 0 aliphatic heterocycles. The Kier molecular flexibility index (Phi) is 5.67. The van der Waals surface area contributed by atoms with Crippen LogP contribution in [0.4, 0.5) is 17.1 Å². The van der Waals surface area contributed by atoms with E-state index in [4.69, 9.17) is 13.3 Å². The van der Waals surface area contributed by atoms with Crippen LogP contribution in [0, 0.1) is 13.8 Å². The standard InChI is InChI=1S/C44H29NO3/c1-26-13-3-4-14-28(26)41-27(2)37(25-34-31-17-7-10-24-40(31)48-44(34)41)45(35-20-11-18-32-29-15-5-8-22-38(29)46-42(32)35)36-21-12-19-33-30-16-6-9-23-39(30)47-43(33)36/h3-25H,1-2H3. The minimum absolute atomic E-state index is 0.820. The average molecular weight is 620 g/mol. The van der Waals surface area contributed by atoms with E-state index in [0.29, 0.717) is 0 Å². The van der Waals surface area contributed by atoms with Crippen molar-refractivity contribution in [2.75, 3.05) is 4.90 Å². The van der Waals surface area contributed by atoms with E-state index in [1.165, 1.54) is 5.56 Å². The summed E-state index contributed by atoms with van der Waals surface area (Å²) >= 11 is 0. The Balaban J connectivity index is 1.38. The number of hydrogen-bond acceptors (Lipinski definition) is 4. The van der Waals surface area contributed by atoms with Crippen molar-refractivity contribution < 1.29 is 13.3 Å². The number of para-hydroxylation sites is 5. The second-order valence-electron chi connectivity index (χ2n) is 12.5. The monoisotopic (exact) mass is 619 g/mol. The van der Waals surface area contributed by atoms with Gasteiger partial charge in [0.05, 0.1) is 17.1 Å². The van der Waals surface area contributed by atoms with E-state index >= 15 is 0 Å². The highest BCUT2D eigenvalue weighted by Gasteiger charge is 2.28. The molecular weight excluding hydrogens is 590 g/mol. The number of aryl methyl sites for hydroxylation is 1. The van der Waals surface area contributed by atoms with Gasteiger partial charge in [-0.3, -0.25) is 0 Å². The number of hydrogen-bond donors (Lipinski definition) is 0. The zero-order chi connectivity index (χ0) is 31.9. The van der Waals surface area contributed by atoms with Crippen molar-refractivity contribution in [2.45, 2.75) is 13.8 Å². The first-order chi connectivity index (χ1) is 23.7. The lowest BCUT2D eigenvalue weighted by molar-refractivity contribution is 0.666. The van der Waals surface area contributed by atoms with Crippen LogP contribution >= 0.6 is 0 Å². The van der Waals surface area contributed by atoms with Crippen LogP contribution in [0.2, 0.25) is 0 Å². The molecule has 48 heavy (non-hydrogen) atoms. The summed E-state index contributed by atoms with van der Waals surface area (Å²) in [4.78, 5) is 2.33. The van der Waals surface area contributed by atoms with Crippen LogP contribution in [0.15, 0.2) is 153 Å². The molecule has 0 spiro atoms. The van der Waals surface area contributed by atoms with Gasteiger partial charge in [0.15, 0.2) is 11.2 Å². The summed E-state index contributed by atoms with van der Waals surface area (Å²) in [6.07, 6.45) is 0. The maximum Gasteiger partial charge on any atom is 0.159 e. The first-order valence-corrected chi connectivity index (χ1v) is 16.3. The largest absolute Gasteiger partial charge is 0.455 e. The fourth-order valence-electron chi connectivity index (χ4n) is 7.55. The summed E-state index contributed by atoms with van der Waals surface area (Å²) in [6, 6.07) is 48.4. The molecule has 0 saturated heterocycles. The number of rotatable bonds is 4. The quantitative estimate of drug-likeness (QED) is 0.197. The van der Waals surface area contributed by atoms with Gasteiger partial charge in [0.1, 0.15) is 22.3 Å². The van der Waals surface area contributed by atoms with Crippen molar-refractivity contribution in [3.63, 3.8) is 0 Å². The zero-order valence-corrected chi connectivity index (χ0v) is 26.5. The lowest BCUT2D eigenvalue weighted by Gasteiger charge is -2.28. The van der Waals surface area contributed by atoms with E-state index in [1.807, 2.05) is 36.4 Å². The molecule has 3 heterocycles. The lowest BCUT2D eigenvalue weighted by Crippen LogP contribution is -2.12. The van der Waals surface area contributed by atoms with Gasteiger partial charge in [-0.1, -0.05) is 103 Å². The average Bonchev–Trinajstić information content (AvgIpc) is 3.81. The minimum atomic E-state index is 0.820. The third-order valence-electron chi connectivity index (χ3n) is 9.81. The molecule has 0 atom stereocenters. The molecule has 10 aromatic rings. The van der Waals surface area contributed by atoms with Crippen LogP contribution < -0.4 is 4.90 Å². The summed E-state index contributed by atoms with van der Waals surface area (Å²) in [5.41, 5.74) is 12.5. The second kappa shape index (κ2) is 10.1. The predicted molar refractivity (Wildman–Crippen MR) is 198 cm³/mol. The van der Waals surface area contributed by atoms with Crippen molar-refractivity contribution in [1.82, 2.24) is 0 Å². The highest BCUT2D eigenvalue weighted by Crippen LogP contribution is 2.50. The molecule has 0 bridgehead atoms. The summed E-state index contributed by atoms with van der Waals surface area (Å²) in [5, 5.41) is 6.44. The molecular formula is C44H29NO3. The minimum Gasteiger partial charge on any atom is -0.455 e. The maximum absolute atomic E-state index is 6.70. The van der Waals surface area contributed by atoms with Crippen molar-refractivity contribution >= 4 is 82.9 Å². The molecule has 10 rings (SSSR count). The van der Waals surface area contributed by atoms with E-state index < -0.39 is 0 Å². The van der Waals surface area contributed by atoms with E-state index in [1.54, 1.807) is 0 Å². The van der Waals surface area contributed by atoms with Crippen molar-refractivity contribution in [2.24, 2.45) is 0 Å². The predicted octanol–water partition coefficient (Wildman–Crippen LogP) is 13.1. The highest BCUT2D eigenvalue weighted by atomic mass is 16.3. The first-order valence-electron chi connectivity index (χ1n) is 16.3. The Labute approximate surface area is 276 Å². The molecule has 0 fully saturated rings. The second-order valence-corrected chi connectivity index (χ2v) is 12.5. The number of anilines is 3. The summed E-state index contributed by atoms with van der Waals surface area (Å²) in [7, 11) is 0. The third-order valence-corrected chi connectivity index (χ3v) is 9.81. The lowest BCUT2D eigenvalue weighted by atomic mass is 9.92. The molecule has 7 aromatic carbocycles. The maximum atomic E-state index is 6.70. The van der Waals surface area contributed by atoms with Crippen LogP contribution in [-0.2, 0) is 0 Å². The van der Waals surface area contributed by atoms with Crippen molar-refractivity contribution in [1.29, 1.82) is 0 Å². The molecule has 0 radical (unpaired) electrons. The Hall–Kier alpha value is -6.26. The van der Waals surface area contributed by atoms with Gasteiger partial charge in [-0.25, -0.2) is 0 Å². The van der Waals surface area contributed by atoms with Crippen molar-refractivity contribution in [3.05, 3.63) is 151 Å². The van der Waals surface area contributed by atoms with Crippen LogP contribution in [-0.4, -0.2) is 0 Å². The molecule has 0 unspecified atom stereocenters.